The highest BCUT2D eigenvalue weighted by Gasteiger charge is 2.01. The molecule has 0 atom stereocenters. The van der Waals surface area contributed by atoms with Gasteiger partial charge in [-0.25, -0.2) is 4.98 Å². The van der Waals surface area contributed by atoms with Crippen molar-refractivity contribution >= 4 is 23.6 Å². The molecule has 0 aromatic carbocycles. The average molecular weight is 185 g/mol. The van der Waals surface area contributed by atoms with Crippen molar-refractivity contribution in [2.45, 2.75) is 6.92 Å². The van der Waals surface area contributed by atoms with Gasteiger partial charge in [0.1, 0.15) is 5.69 Å². The van der Waals surface area contributed by atoms with Gasteiger partial charge in [-0.15, -0.1) is 0 Å². The van der Waals surface area contributed by atoms with Crippen molar-refractivity contribution in [3.63, 3.8) is 0 Å². The van der Waals surface area contributed by atoms with Gasteiger partial charge in [0.15, 0.2) is 6.29 Å². The number of carbonyl (C=O) groups is 1. The fraction of sp³-hybridized carbons (Fsp3) is 0.250. The van der Waals surface area contributed by atoms with E-state index >= 15 is 0 Å². The Hall–Kier alpha value is -1.09. The summed E-state index contributed by atoms with van der Waals surface area (Å²) in [5.41, 5.74) is 1.07. The van der Waals surface area contributed by atoms with Crippen molar-refractivity contribution in [3.05, 3.63) is 23.0 Å². The van der Waals surface area contributed by atoms with Gasteiger partial charge in [-0.3, -0.25) is 4.79 Å². The summed E-state index contributed by atoms with van der Waals surface area (Å²) in [7, 11) is 0. The second-order valence-electron chi connectivity index (χ2n) is 2.23. The van der Waals surface area contributed by atoms with E-state index in [1.54, 1.807) is 6.07 Å². The molecule has 0 radical (unpaired) electrons. The zero-order valence-corrected chi connectivity index (χ0v) is 7.43. The molecule has 0 aliphatic rings. The molecule has 0 saturated heterocycles. The Balaban J connectivity index is 3.03. The van der Waals surface area contributed by atoms with Crippen LogP contribution in [0.15, 0.2) is 12.3 Å². The van der Waals surface area contributed by atoms with Crippen LogP contribution in [0.3, 0.4) is 0 Å². The van der Waals surface area contributed by atoms with Gasteiger partial charge in [0.05, 0.1) is 10.7 Å². The lowest BCUT2D eigenvalue weighted by Crippen LogP contribution is -2.01. The SMILES string of the molecule is CCNc1cc(Cl)cnc1C=O. The van der Waals surface area contributed by atoms with E-state index < -0.39 is 0 Å². The molecule has 64 valence electrons. The summed E-state index contributed by atoms with van der Waals surface area (Å²) in [6, 6.07) is 1.68. The molecule has 0 amide bonds. The zero-order valence-electron chi connectivity index (χ0n) is 6.67. The zero-order chi connectivity index (χ0) is 8.97. The van der Waals surface area contributed by atoms with E-state index in [9.17, 15) is 4.79 Å². The molecule has 4 heteroatoms. The molecule has 0 aliphatic carbocycles. The highest BCUT2D eigenvalue weighted by atomic mass is 35.5. The Labute approximate surface area is 75.8 Å². The Morgan fingerprint density at radius 1 is 1.75 bits per heavy atom. The minimum atomic E-state index is 0.390. The van der Waals surface area contributed by atoms with Crippen LogP contribution in [-0.4, -0.2) is 17.8 Å². The van der Waals surface area contributed by atoms with Crippen LogP contribution >= 0.6 is 11.6 Å². The van der Waals surface area contributed by atoms with E-state index in [4.69, 9.17) is 11.6 Å². The first kappa shape index (κ1) is 9.00. The molecule has 0 aliphatic heterocycles. The molecule has 12 heavy (non-hydrogen) atoms. The summed E-state index contributed by atoms with van der Waals surface area (Å²) < 4.78 is 0. The quantitative estimate of drug-likeness (QED) is 0.731. The number of anilines is 1. The fourth-order valence-electron chi connectivity index (χ4n) is 0.876. The summed E-state index contributed by atoms with van der Waals surface area (Å²) in [5.74, 6) is 0. The lowest BCUT2D eigenvalue weighted by molar-refractivity contribution is 0.112. The van der Waals surface area contributed by atoms with Crippen LogP contribution < -0.4 is 5.32 Å². The lowest BCUT2D eigenvalue weighted by Gasteiger charge is -2.04. The first-order valence-electron chi connectivity index (χ1n) is 3.62. The summed E-state index contributed by atoms with van der Waals surface area (Å²) >= 11 is 5.69. The van der Waals surface area contributed by atoms with E-state index in [-0.39, 0.29) is 0 Å². The second-order valence-corrected chi connectivity index (χ2v) is 2.67. The summed E-state index contributed by atoms with van der Waals surface area (Å²) in [6.45, 7) is 2.68. The van der Waals surface area contributed by atoms with E-state index in [1.165, 1.54) is 6.20 Å². The van der Waals surface area contributed by atoms with Crippen LogP contribution in [0.1, 0.15) is 17.4 Å². The topological polar surface area (TPSA) is 42.0 Å². The summed E-state index contributed by atoms with van der Waals surface area (Å²) in [5, 5.41) is 3.51. The van der Waals surface area contributed by atoms with E-state index in [1.807, 2.05) is 6.92 Å². The maximum absolute atomic E-state index is 10.5. The van der Waals surface area contributed by atoms with Gasteiger partial charge >= 0.3 is 0 Å². The van der Waals surface area contributed by atoms with Crippen LogP contribution in [0.25, 0.3) is 0 Å². The number of hydrogen-bond acceptors (Lipinski definition) is 3. The van der Waals surface area contributed by atoms with E-state index in [2.05, 4.69) is 10.3 Å². The van der Waals surface area contributed by atoms with Gasteiger partial charge in [-0.2, -0.15) is 0 Å². The van der Waals surface area contributed by atoms with Crippen molar-refractivity contribution in [3.8, 4) is 0 Å². The van der Waals surface area contributed by atoms with Crippen molar-refractivity contribution in [2.75, 3.05) is 11.9 Å². The Morgan fingerprint density at radius 2 is 2.50 bits per heavy atom. The summed E-state index contributed by atoms with van der Waals surface area (Å²) in [6.07, 6.45) is 2.15. The van der Waals surface area contributed by atoms with Gasteiger partial charge in [-0.05, 0) is 13.0 Å². The van der Waals surface area contributed by atoms with Crippen molar-refractivity contribution in [1.29, 1.82) is 0 Å². The van der Waals surface area contributed by atoms with E-state index in [0.717, 1.165) is 6.54 Å². The molecule has 0 saturated carbocycles. The molecule has 0 unspecified atom stereocenters. The maximum atomic E-state index is 10.5. The number of aldehydes is 1. The Kier molecular flexibility index (Phi) is 3.05. The van der Waals surface area contributed by atoms with Crippen molar-refractivity contribution in [2.24, 2.45) is 0 Å². The molecule has 0 fully saturated rings. The van der Waals surface area contributed by atoms with Crippen LogP contribution in [-0.2, 0) is 0 Å². The normalized spacial score (nSPS) is 9.50. The molecule has 1 aromatic heterocycles. The highest BCUT2D eigenvalue weighted by molar-refractivity contribution is 6.30. The molecule has 0 bridgehead atoms. The minimum Gasteiger partial charge on any atom is -0.383 e. The molecule has 1 N–H and O–H groups in total. The number of halogens is 1. The molecule has 0 spiro atoms. The lowest BCUT2D eigenvalue weighted by atomic mass is 10.3. The van der Waals surface area contributed by atoms with Crippen LogP contribution in [0.5, 0.6) is 0 Å². The first-order chi connectivity index (χ1) is 5.77. The molecule has 1 aromatic rings. The number of hydrogen-bond donors (Lipinski definition) is 1. The van der Waals surface area contributed by atoms with Crippen molar-refractivity contribution < 1.29 is 4.79 Å². The molecular formula is C8H9ClN2O. The highest BCUT2D eigenvalue weighted by Crippen LogP contribution is 2.16. The number of nitrogens with zero attached hydrogens (tertiary/aromatic N) is 1. The number of nitrogens with one attached hydrogen (secondary N) is 1. The van der Waals surface area contributed by atoms with Gasteiger partial charge in [0.25, 0.3) is 0 Å². The van der Waals surface area contributed by atoms with Gasteiger partial charge in [0, 0.05) is 12.7 Å². The molecular weight excluding hydrogens is 176 g/mol. The molecule has 3 nitrogen and oxygen atoms in total. The number of carbonyl (C=O) groups excluding carboxylic acids is 1. The van der Waals surface area contributed by atoms with Gasteiger partial charge in [-0.1, -0.05) is 11.6 Å². The Morgan fingerprint density at radius 3 is 3.08 bits per heavy atom. The second kappa shape index (κ2) is 4.07. The monoisotopic (exact) mass is 184 g/mol. The third kappa shape index (κ3) is 1.95. The third-order valence-corrected chi connectivity index (χ3v) is 1.57. The van der Waals surface area contributed by atoms with Gasteiger partial charge < -0.3 is 5.32 Å². The van der Waals surface area contributed by atoms with Gasteiger partial charge in [0.2, 0.25) is 0 Å². The largest absolute Gasteiger partial charge is 0.383 e. The van der Waals surface area contributed by atoms with Crippen LogP contribution in [0, 0.1) is 0 Å². The van der Waals surface area contributed by atoms with Crippen LogP contribution in [0.2, 0.25) is 5.02 Å². The predicted molar refractivity (Wildman–Crippen MR) is 48.8 cm³/mol. The first-order valence-corrected chi connectivity index (χ1v) is 4.00. The summed E-state index contributed by atoms with van der Waals surface area (Å²) in [4.78, 5) is 14.3. The average Bonchev–Trinajstić information content (AvgIpc) is 2.05. The standard InChI is InChI=1S/C8H9ClN2O/c1-2-10-7-3-6(9)4-11-8(7)5-12/h3-5,10H,2H2,1H3. The third-order valence-electron chi connectivity index (χ3n) is 1.36. The molecule has 1 rings (SSSR count). The number of aromatic nitrogens is 1. The number of rotatable bonds is 3. The fourth-order valence-corrected chi connectivity index (χ4v) is 1.03. The van der Waals surface area contributed by atoms with Crippen molar-refractivity contribution in [1.82, 2.24) is 4.98 Å². The maximum Gasteiger partial charge on any atom is 0.170 e. The van der Waals surface area contributed by atoms with Crippen LogP contribution in [0.4, 0.5) is 5.69 Å². The smallest absolute Gasteiger partial charge is 0.170 e. The number of pyridine rings is 1. The van der Waals surface area contributed by atoms with E-state index in [0.29, 0.717) is 22.7 Å². The molecule has 1 heterocycles. The minimum absolute atomic E-state index is 0.390. The predicted octanol–water partition coefficient (Wildman–Crippen LogP) is 1.98. The Bertz CT molecular complexity index is 288.